The van der Waals surface area contributed by atoms with Crippen LogP contribution >= 0.6 is 0 Å². The second-order valence-electron chi connectivity index (χ2n) is 5.76. The number of nitrogens with one attached hydrogen (secondary N) is 1. The lowest BCUT2D eigenvalue weighted by Gasteiger charge is -2.39. The van der Waals surface area contributed by atoms with Crippen molar-refractivity contribution in [3.63, 3.8) is 0 Å². The zero-order valence-electron chi connectivity index (χ0n) is 12.9. The van der Waals surface area contributed by atoms with Crippen molar-refractivity contribution in [1.29, 1.82) is 0 Å². The molecule has 2 rings (SSSR count). The molecule has 0 amide bonds. The van der Waals surface area contributed by atoms with E-state index in [1.54, 1.807) is 14.2 Å². The van der Waals surface area contributed by atoms with Crippen LogP contribution in [0.4, 0.5) is 0 Å². The molecule has 1 fully saturated rings. The van der Waals surface area contributed by atoms with Crippen LogP contribution in [0, 0.1) is 5.41 Å². The van der Waals surface area contributed by atoms with Gasteiger partial charge in [0.1, 0.15) is 0 Å². The summed E-state index contributed by atoms with van der Waals surface area (Å²) in [6, 6.07) is 6.45. The summed E-state index contributed by atoms with van der Waals surface area (Å²) < 4.78 is 16.0. The Morgan fingerprint density at radius 1 is 1.25 bits per heavy atom. The number of benzene rings is 1. The van der Waals surface area contributed by atoms with Gasteiger partial charge in [0.2, 0.25) is 0 Å². The van der Waals surface area contributed by atoms with Gasteiger partial charge in [-0.2, -0.15) is 0 Å². The van der Waals surface area contributed by atoms with Gasteiger partial charge < -0.3 is 19.5 Å². The van der Waals surface area contributed by atoms with E-state index in [1.807, 2.05) is 6.07 Å². The zero-order valence-corrected chi connectivity index (χ0v) is 12.9. The molecule has 20 heavy (non-hydrogen) atoms. The molecule has 4 heteroatoms. The van der Waals surface area contributed by atoms with Crippen molar-refractivity contribution in [2.24, 2.45) is 5.41 Å². The second-order valence-corrected chi connectivity index (χ2v) is 5.76. The standard InChI is InChI=1S/C16H25NO3/c1-5-13(17-9-16(2)10-20-11-16)12-6-7-14(18-3)15(8-12)19-4/h6-8,13,17H,5,9-11H2,1-4H3. The molecule has 112 valence electrons. The monoisotopic (exact) mass is 279 g/mol. The topological polar surface area (TPSA) is 39.7 Å². The largest absolute Gasteiger partial charge is 0.493 e. The maximum Gasteiger partial charge on any atom is 0.161 e. The molecular formula is C16H25NO3. The number of ether oxygens (including phenoxy) is 3. The number of hydrogen-bond donors (Lipinski definition) is 1. The molecule has 1 atom stereocenters. The highest BCUT2D eigenvalue weighted by Crippen LogP contribution is 2.32. The predicted molar refractivity (Wildman–Crippen MR) is 79.5 cm³/mol. The minimum Gasteiger partial charge on any atom is -0.493 e. The highest BCUT2D eigenvalue weighted by molar-refractivity contribution is 5.43. The molecule has 1 aromatic rings. The summed E-state index contributed by atoms with van der Waals surface area (Å²) in [7, 11) is 3.33. The second kappa shape index (κ2) is 6.46. The molecule has 1 unspecified atom stereocenters. The smallest absolute Gasteiger partial charge is 0.161 e. The Hall–Kier alpha value is -1.26. The van der Waals surface area contributed by atoms with Crippen molar-refractivity contribution >= 4 is 0 Å². The van der Waals surface area contributed by atoms with Gasteiger partial charge in [-0.1, -0.05) is 19.9 Å². The quantitative estimate of drug-likeness (QED) is 0.833. The summed E-state index contributed by atoms with van der Waals surface area (Å²) in [6.45, 7) is 7.11. The maximum atomic E-state index is 5.38. The highest BCUT2D eigenvalue weighted by atomic mass is 16.5. The summed E-state index contributed by atoms with van der Waals surface area (Å²) >= 11 is 0. The van der Waals surface area contributed by atoms with Gasteiger partial charge in [0.05, 0.1) is 27.4 Å². The fraction of sp³-hybridized carbons (Fsp3) is 0.625. The molecule has 0 aliphatic carbocycles. The molecule has 1 aliphatic heterocycles. The van der Waals surface area contributed by atoms with E-state index < -0.39 is 0 Å². The van der Waals surface area contributed by atoms with Crippen LogP contribution in [-0.2, 0) is 4.74 Å². The first-order valence-electron chi connectivity index (χ1n) is 7.15. The van der Waals surface area contributed by atoms with E-state index in [-0.39, 0.29) is 5.41 Å². The predicted octanol–water partition coefficient (Wildman–Crippen LogP) is 2.78. The maximum absolute atomic E-state index is 5.38. The number of methoxy groups -OCH3 is 2. The molecule has 1 aromatic carbocycles. The Morgan fingerprint density at radius 2 is 1.95 bits per heavy atom. The third-order valence-corrected chi connectivity index (χ3v) is 3.89. The van der Waals surface area contributed by atoms with E-state index in [0.29, 0.717) is 6.04 Å². The highest BCUT2D eigenvalue weighted by Gasteiger charge is 2.33. The normalized spacial score (nSPS) is 18.2. The van der Waals surface area contributed by atoms with Crippen LogP contribution in [0.15, 0.2) is 18.2 Å². The van der Waals surface area contributed by atoms with E-state index >= 15 is 0 Å². The van der Waals surface area contributed by atoms with E-state index in [0.717, 1.165) is 37.7 Å². The molecule has 0 radical (unpaired) electrons. The molecule has 0 saturated carbocycles. The van der Waals surface area contributed by atoms with E-state index in [4.69, 9.17) is 14.2 Å². The minimum absolute atomic E-state index is 0.282. The van der Waals surface area contributed by atoms with Crippen molar-refractivity contribution in [3.05, 3.63) is 23.8 Å². The van der Waals surface area contributed by atoms with Crippen LogP contribution in [0.2, 0.25) is 0 Å². The first-order valence-corrected chi connectivity index (χ1v) is 7.15. The summed E-state index contributed by atoms with van der Waals surface area (Å²) in [5.41, 5.74) is 1.51. The van der Waals surface area contributed by atoms with Gasteiger partial charge in [-0.3, -0.25) is 0 Å². The SMILES string of the molecule is CCC(NCC1(C)COC1)c1ccc(OC)c(OC)c1. The van der Waals surface area contributed by atoms with Crippen LogP contribution in [0.1, 0.15) is 31.9 Å². The number of hydrogen-bond acceptors (Lipinski definition) is 4. The van der Waals surface area contributed by atoms with Crippen LogP contribution in [0.3, 0.4) is 0 Å². The Bertz CT molecular complexity index is 443. The van der Waals surface area contributed by atoms with Crippen LogP contribution < -0.4 is 14.8 Å². The molecule has 1 saturated heterocycles. The van der Waals surface area contributed by atoms with Gasteiger partial charge in [-0.25, -0.2) is 0 Å². The molecule has 4 nitrogen and oxygen atoms in total. The minimum atomic E-state index is 0.282. The third kappa shape index (κ3) is 3.25. The van der Waals surface area contributed by atoms with E-state index in [2.05, 4.69) is 31.3 Å². The molecule has 1 heterocycles. The molecule has 1 aliphatic rings. The Kier molecular flexibility index (Phi) is 4.89. The van der Waals surface area contributed by atoms with Gasteiger partial charge in [-0.15, -0.1) is 0 Å². The lowest BCUT2D eigenvalue weighted by atomic mass is 9.88. The van der Waals surface area contributed by atoms with E-state index in [9.17, 15) is 0 Å². The van der Waals surface area contributed by atoms with Crippen LogP contribution in [-0.4, -0.2) is 34.0 Å². The Morgan fingerprint density at radius 3 is 2.45 bits per heavy atom. The summed E-state index contributed by atoms with van der Waals surface area (Å²) in [5, 5.41) is 3.64. The number of rotatable bonds is 7. The third-order valence-electron chi connectivity index (χ3n) is 3.89. The van der Waals surface area contributed by atoms with Crippen LogP contribution in [0.5, 0.6) is 11.5 Å². The average molecular weight is 279 g/mol. The van der Waals surface area contributed by atoms with Crippen LogP contribution in [0.25, 0.3) is 0 Å². The fourth-order valence-corrected chi connectivity index (χ4v) is 2.49. The van der Waals surface area contributed by atoms with Crippen molar-refractivity contribution in [2.45, 2.75) is 26.3 Å². The van der Waals surface area contributed by atoms with Gasteiger partial charge in [-0.05, 0) is 24.1 Å². The van der Waals surface area contributed by atoms with Crippen molar-refractivity contribution in [1.82, 2.24) is 5.32 Å². The Balaban J connectivity index is 2.06. The van der Waals surface area contributed by atoms with Crippen molar-refractivity contribution < 1.29 is 14.2 Å². The van der Waals surface area contributed by atoms with Gasteiger partial charge in [0, 0.05) is 18.0 Å². The molecule has 0 spiro atoms. The van der Waals surface area contributed by atoms with E-state index in [1.165, 1.54) is 5.56 Å². The molecular weight excluding hydrogens is 254 g/mol. The van der Waals surface area contributed by atoms with Crippen molar-refractivity contribution in [3.8, 4) is 11.5 Å². The average Bonchev–Trinajstić information content (AvgIpc) is 2.45. The van der Waals surface area contributed by atoms with Gasteiger partial charge in [0.15, 0.2) is 11.5 Å². The Labute approximate surface area is 121 Å². The molecule has 1 N–H and O–H groups in total. The summed E-state index contributed by atoms with van der Waals surface area (Å²) in [6.07, 6.45) is 1.03. The zero-order chi connectivity index (χ0) is 14.6. The molecule has 0 bridgehead atoms. The lowest BCUT2D eigenvalue weighted by Crippen LogP contribution is -2.47. The summed E-state index contributed by atoms with van der Waals surface area (Å²) in [4.78, 5) is 0. The fourth-order valence-electron chi connectivity index (χ4n) is 2.49. The first kappa shape index (κ1) is 15.1. The van der Waals surface area contributed by atoms with Gasteiger partial charge in [0.25, 0.3) is 0 Å². The van der Waals surface area contributed by atoms with Crippen molar-refractivity contribution in [2.75, 3.05) is 34.0 Å². The van der Waals surface area contributed by atoms with Gasteiger partial charge >= 0.3 is 0 Å². The first-order chi connectivity index (χ1) is 9.61. The summed E-state index contributed by atoms with van der Waals surface area (Å²) in [5.74, 6) is 1.55. The lowest BCUT2D eigenvalue weighted by molar-refractivity contribution is -0.100. The molecule has 0 aromatic heterocycles.